The first kappa shape index (κ1) is 16.4. The van der Waals surface area contributed by atoms with E-state index in [4.69, 9.17) is 12.2 Å². The lowest BCUT2D eigenvalue weighted by Gasteiger charge is -2.13. The zero-order valence-corrected chi connectivity index (χ0v) is 12.4. The predicted molar refractivity (Wildman–Crippen MR) is 82.9 cm³/mol. The summed E-state index contributed by atoms with van der Waals surface area (Å²) in [4.78, 5) is 6.35. The predicted octanol–water partition coefficient (Wildman–Crippen LogP) is 3.06. The molecule has 5 heteroatoms. The number of thiocarbonyl (C=S) groups is 1. The van der Waals surface area contributed by atoms with Gasteiger partial charge >= 0.3 is 0 Å². The highest BCUT2D eigenvalue weighted by Gasteiger charge is 1.89. The first-order chi connectivity index (χ1) is 8.13. The second-order valence-corrected chi connectivity index (χ2v) is 4.42. The number of thiol groups is 1. The first-order valence-electron chi connectivity index (χ1n) is 5.77. The van der Waals surface area contributed by atoms with Gasteiger partial charge in [0.05, 0.1) is 0 Å². The molecular weight excluding hydrogens is 250 g/mol. The van der Waals surface area contributed by atoms with Crippen molar-refractivity contribution in [3.8, 4) is 0 Å². The second-order valence-electron chi connectivity index (χ2n) is 3.26. The molecule has 0 unspecified atom stereocenters. The molecule has 1 aromatic rings. The van der Waals surface area contributed by atoms with Crippen molar-refractivity contribution in [2.24, 2.45) is 0 Å². The van der Waals surface area contributed by atoms with Gasteiger partial charge in [0.2, 0.25) is 0 Å². The number of hydrogen-bond donors (Lipinski definition) is 2. The number of hydrogen-bond acceptors (Lipinski definition) is 3. The molecule has 96 valence electrons. The molecule has 3 nitrogen and oxygen atoms in total. The summed E-state index contributed by atoms with van der Waals surface area (Å²) in [5, 5.41) is 2.79. The van der Waals surface area contributed by atoms with Gasteiger partial charge in [0.1, 0.15) is 10.1 Å². The number of aromatic nitrogens is 1. The summed E-state index contributed by atoms with van der Waals surface area (Å²) in [5.74, 6) is 0.725. The minimum atomic E-state index is 0.429. The lowest BCUT2D eigenvalue weighted by atomic mass is 10.5. The fourth-order valence-electron chi connectivity index (χ4n) is 1.22. The van der Waals surface area contributed by atoms with Crippen molar-refractivity contribution in [3.05, 3.63) is 24.4 Å². The molecule has 1 rings (SSSR count). The Labute approximate surface area is 115 Å². The second kappa shape index (κ2) is 10.5. The Bertz CT molecular complexity index is 294. The van der Waals surface area contributed by atoms with Gasteiger partial charge in [-0.05, 0) is 31.8 Å². The van der Waals surface area contributed by atoms with Crippen LogP contribution in [-0.2, 0) is 0 Å². The van der Waals surface area contributed by atoms with E-state index in [1.165, 1.54) is 19.6 Å². The SMILES string of the molecule is CCN(CC)CC.S=C(S)Nc1ccccn1. The van der Waals surface area contributed by atoms with Gasteiger partial charge in [-0.3, -0.25) is 0 Å². The highest BCUT2D eigenvalue weighted by molar-refractivity contribution is 8.11. The van der Waals surface area contributed by atoms with Crippen molar-refractivity contribution in [2.45, 2.75) is 20.8 Å². The van der Waals surface area contributed by atoms with Crippen LogP contribution in [0.25, 0.3) is 0 Å². The third-order valence-electron chi connectivity index (χ3n) is 2.24. The number of pyridine rings is 1. The Kier molecular flexibility index (Phi) is 10.1. The van der Waals surface area contributed by atoms with E-state index in [2.05, 4.69) is 48.6 Å². The lowest BCUT2D eigenvalue weighted by molar-refractivity contribution is 0.321. The van der Waals surface area contributed by atoms with Gasteiger partial charge in [-0.2, -0.15) is 0 Å². The molecule has 0 saturated carbocycles. The molecule has 1 aromatic heterocycles. The number of nitrogens with one attached hydrogen (secondary N) is 1. The average molecular weight is 271 g/mol. The molecule has 0 bridgehead atoms. The molecule has 0 aliphatic rings. The molecule has 0 spiro atoms. The molecule has 0 aliphatic heterocycles. The summed E-state index contributed by atoms with van der Waals surface area (Å²) < 4.78 is 0.429. The highest BCUT2D eigenvalue weighted by atomic mass is 32.1. The summed E-state index contributed by atoms with van der Waals surface area (Å²) in [6.07, 6.45) is 1.69. The third kappa shape index (κ3) is 9.09. The summed E-state index contributed by atoms with van der Waals surface area (Å²) in [5.41, 5.74) is 0. The standard InChI is InChI=1S/C6H6N2S2.C6H15N/c9-6(10)8-5-3-1-2-4-7-5;1-4-7(5-2)6-3/h1-4H,(H2,7,8,9,10);4-6H2,1-3H3. The quantitative estimate of drug-likeness (QED) is 0.650. The van der Waals surface area contributed by atoms with E-state index >= 15 is 0 Å². The van der Waals surface area contributed by atoms with E-state index in [-0.39, 0.29) is 0 Å². The van der Waals surface area contributed by atoms with E-state index in [0.29, 0.717) is 4.32 Å². The third-order valence-corrected chi connectivity index (χ3v) is 2.46. The van der Waals surface area contributed by atoms with Gasteiger partial charge < -0.3 is 10.2 Å². The van der Waals surface area contributed by atoms with Gasteiger partial charge in [0.15, 0.2) is 0 Å². The molecule has 0 saturated heterocycles. The summed E-state index contributed by atoms with van der Waals surface area (Å²) in [7, 11) is 0. The van der Waals surface area contributed by atoms with Gasteiger partial charge in [-0.15, -0.1) is 12.6 Å². The first-order valence-corrected chi connectivity index (χ1v) is 6.62. The molecule has 0 amide bonds. The van der Waals surface area contributed by atoms with Crippen LogP contribution in [-0.4, -0.2) is 33.8 Å². The number of anilines is 1. The molecule has 17 heavy (non-hydrogen) atoms. The van der Waals surface area contributed by atoms with Crippen LogP contribution in [0.4, 0.5) is 5.82 Å². The molecule has 0 aliphatic carbocycles. The Balaban J connectivity index is 0.000000325. The Morgan fingerprint density at radius 1 is 1.29 bits per heavy atom. The van der Waals surface area contributed by atoms with Crippen LogP contribution >= 0.6 is 24.8 Å². The van der Waals surface area contributed by atoms with Gasteiger partial charge in [0.25, 0.3) is 0 Å². The van der Waals surface area contributed by atoms with Gasteiger partial charge in [-0.25, -0.2) is 4.98 Å². The maximum atomic E-state index is 4.69. The van der Waals surface area contributed by atoms with Crippen LogP contribution < -0.4 is 5.32 Å². The van der Waals surface area contributed by atoms with Crippen LogP contribution in [0.3, 0.4) is 0 Å². The Morgan fingerprint density at radius 2 is 1.88 bits per heavy atom. The van der Waals surface area contributed by atoms with E-state index in [1.807, 2.05) is 18.2 Å². The molecule has 0 atom stereocenters. The van der Waals surface area contributed by atoms with E-state index in [1.54, 1.807) is 6.20 Å². The van der Waals surface area contributed by atoms with Crippen molar-refractivity contribution < 1.29 is 0 Å². The molecular formula is C12H21N3S2. The van der Waals surface area contributed by atoms with E-state index < -0.39 is 0 Å². The van der Waals surface area contributed by atoms with Crippen molar-refractivity contribution >= 4 is 35.0 Å². The molecule has 1 heterocycles. The maximum Gasteiger partial charge on any atom is 0.136 e. The topological polar surface area (TPSA) is 28.2 Å². The number of nitrogens with zero attached hydrogens (tertiary/aromatic N) is 2. The van der Waals surface area contributed by atoms with Crippen LogP contribution in [0.2, 0.25) is 0 Å². The largest absolute Gasteiger partial charge is 0.326 e. The molecule has 0 fully saturated rings. The van der Waals surface area contributed by atoms with Crippen molar-refractivity contribution in [1.82, 2.24) is 9.88 Å². The zero-order chi connectivity index (χ0) is 13.1. The average Bonchev–Trinajstić information content (AvgIpc) is 2.32. The fourth-order valence-corrected chi connectivity index (χ4v) is 1.44. The normalized spacial score (nSPS) is 9.47. The monoisotopic (exact) mass is 271 g/mol. The van der Waals surface area contributed by atoms with Crippen LogP contribution in [0.15, 0.2) is 24.4 Å². The van der Waals surface area contributed by atoms with Crippen LogP contribution in [0, 0.1) is 0 Å². The summed E-state index contributed by atoms with van der Waals surface area (Å²) in [6, 6.07) is 5.54. The smallest absolute Gasteiger partial charge is 0.136 e. The fraction of sp³-hybridized carbons (Fsp3) is 0.500. The van der Waals surface area contributed by atoms with Gasteiger partial charge in [-0.1, -0.05) is 39.1 Å². The van der Waals surface area contributed by atoms with E-state index in [0.717, 1.165) is 5.82 Å². The highest BCUT2D eigenvalue weighted by Crippen LogP contribution is 2.00. The molecule has 1 N–H and O–H groups in total. The summed E-state index contributed by atoms with van der Waals surface area (Å²) >= 11 is 8.58. The van der Waals surface area contributed by atoms with Crippen molar-refractivity contribution in [1.29, 1.82) is 0 Å². The number of rotatable bonds is 4. The minimum Gasteiger partial charge on any atom is -0.326 e. The molecule has 0 aromatic carbocycles. The summed E-state index contributed by atoms with van der Waals surface area (Å²) in [6.45, 7) is 10.1. The van der Waals surface area contributed by atoms with Crippen molar-refractivity contribution in [3.63, 3.8) is 0 Å². The maximum absolute atomic E-state index is 4.69. The van der Waals surface area contributed by atoms with Crippen LogP contribution in [0.1, 0.15) is 20.8 Å². The van der Waals surface area contributed by atoms with E-state index in [9.17, 15) is 0 Å². The molecule has 0 radical (unpaired) electrons. The Morgan fingerprint density at radius 3 is 2.18 bits per heavy atom. The van der Waals surface area contributed by atoms with Gasteiger partial charge in [0, 0.05) is 6.20 Å². The van der Waals surface area contributed by atoms with Crippen molar-refractivity contribution in [2.75, 3.05) is 25.0 Å². The lowest BCUT2D eigenvalue weighted by Crippen LogP contribution is -2.21. The zero-order valence-electron chi connectivity index (χ0n) is 10.7. The minimum absolute atomic E-state index is 0.429. The Hall–Kier alpha value is -0.650. The van der Waals surface area contributed by atoms with Crippen LogP contribution in [0.5, 0.6) is 0 Å².